The van der Waals surface area contributed by atoms with Gasteiger partial charge in [-0.2, -0.15) is 0 Å². The number of hydrogen-bond acceptors (Lipinski definition) is 3. The topological polar surface area (TPSA) is 67.4 Å². The molecular weight excluding hydrogens is 580 g/mol. The predicted molar refractivity (Wildman–Crippen MR) is 186 cm³/mol. The maximum Gasteiger partial charge on any atom is 0.233 e. The van der Waals surface area contributed by atoms with Gasteiger partial charge in [-0.25, -0.2) is 0 Å². The lowest BCUT2D eigenvalue weighted by Gasteiger charge is -2.27. The maximum absolute atomic E-state index is 14.3. The first-order valence-corrected chi connectivity index (χ1v) is 15.7. The maximum atomic E-state index is 14.3. The number of carbonyl (C=O) groups is 2. The van der Waals surface area contributed by atoms with Gasteiger partial charge in [-0.05, 0) is 45.5 Å². The minimum atomic E-state index is -0.847. The monoisotopic (exact) mass is 616 g/mol. The summed E-state index contributed by atoms with van der Waals surface area (Å²) in [7, 11) is 0. The molecular formula is C42H36N2O3. The molecule has 0 bridgehead atoms. The van der Waals surface area contributed by atoms with Gasteiger partial charge in [0.15, 0.2) is 0 Å². The van der Waals surface area contributed by atoms with Gasteiger partial charge in [0.2, 0.25) is 11.8 Å². The second kappa shape index (κ2) is 15.4. The summed E-state index contributed by atoms with van der Waals surface area (Å²) in [6.07, 6.45) is -0.847. The van der Waals surface area contributed by atoms with Gasteiger partial charge < -0.3 is 15.4 Å². The SMILES string of the molecule is O=C(NC(NC(=O)C(c1ccccc1)c1ccccc1)c1cccc(OCc2ccccc2)c1)C(c1ccccc1)c1ccccc1. The smallest absolute Gasteiger partial charge is 0.233 e. The molecule has 0 saturated heterocycles. The van der Waals surface area contributed by atoms with E-state index in [2.05, 4.69) is 10.6 Å². The number of amides is 2. The molecule has 0 atom stereocenters. The third-order valence-corrected chi connectivity index (χ3v) is 8.07. The first-order valence-electron chi connectivity index (χ1n) is 15.7. The molecule has 0 aliphatic carbocycles. The Morgan fingerprint density at radius 3 is 1.21 bits per heavy atom. The van der Waals surface area contributed by atoms with E-state index in [1.165, 1.54) is 0 Å². The van der Waals surface area contributed by atoms with E-state index in [0.717, 1.165) is 27.8 Å². The average molecular weight is 617 g/mol. The summed E-state index contributed by atoms with van der Waals surface area (Å²) in [6.45, 7) is 0.391. The van der Waals surface area contributed by atoms with Gasteiger partial charge in [-0.1, -0.05) is 164 Å². The Kier molecular flexibility index (Phi) is 10.2. The average Bonchev–Trinajstić information content (AvgIpc) is 3.13. The minimum absolute atomic E-state index is 0.237. The van der Waals surface area contributed by atoms with Crippen molar-refractivity contribution in [1.82, 2.24) is 10.6 Å². The fraction of sp³-hybridized carbons (Fsp3) is 0.0952. The van der Waals surface area contributed by atoms with Crippen LogP contribution >= 0.6 is 0 Å². The third-order valence-electron chi connectivity index (χ3n) is 8.07. The van der Waals surface area contributed by atoms with Gasteiger partial charge >= 0.3 is 0 Å². The largest absolute Gasteiger partial charge is 0.489 e. The predicted octanol–water partition coefficient (Wildman–Crippen LogP) is 8.16. The van der Waals surface area contributed by atoms with E-state index in [-0.39, 0.29) is 11.8 Å². The standard InChI is InChI=1S/C42H36N2O3/c45-41(38(32-19-8-2-9-20-32)33-21-10-3-11-22-33)43-40(36-27-16-28-37(29-36)47-30-31-17-6-1-7-18-31)44-42(46)39(34-23-12-4-13-24-34)35-25-14-5-15-26-35/h1-29,38-40H,30H2,(H,43,45)(H,44,46). The van der Waals surface area contributed by atoms with E-state index < -0.39 is 18.0 Å². The zero-order valence-electron chi connectivity index (χ0n) is 25.9. The fourth-order valence-corrected chi connectivity index (χ4v) is 5.75. The van der Waals surface area contributed by atoms with E-state index in [4.69, 9.17) is 4.74 Å². The fourth-order valence-electron chi connectivity index (χ4n) is 5.75. The molecule has 0 aromatic heterocycles. The lowest BCUT2D eigenvalue weighted by atomic mass is 9.89. The Morgan fingerprint density at radius 1 is 0.447 bits per heavy atom. The quantitative estimate of drug-likeness (QED) is 0.136. The van der Waals surface area contributed by atoms with Crippen LogP contribution in [0.4, 0.5) is 0 Å². The second-order valence-corrected chi connectivity index (χ2v) is 11.3. The molecule has 47 heavy (non-hydrogen) atoms. The van der Waals surface area contributed by atoms with Crippen LogP contribution in [0.1, 0.15) is 51.4 Å². The Balaban J connectivity index is 1.35. The molecule has 5 nitrogen and oxygen atoms in total. The zero-order chi connectivity index (χ0) is 32.3. The molecule has 0 aliphatic rings. The molecule has 5 heteroatoms. The first kappa shape index (κ1) is 31.1. The summed E-state index contributed by atoms with van der Waals surface area (Å²) in [5, 5.41) is 6.39. The number of hydrogen-bond donors (Lipinski definition) is 2. The van der Waals surface area contributed by atoms with E-state index in [9.17, 15) is 9.59 Å². The Hall–Kier alpha value is -5.94. The van der Waals surface area contributed by atoms with E-state index in [0.29, 0.717) is 17.9 Å². The van der Waals surface area contributed by atoms with E-state index >= 15 is 0 Å². The van der Waals surface area contributed by atoms with Gasteiger partial charge in [0.25, 0.3) is 0 Å². The Morgan fingerprint density at radius 2 is 0.809 bits per heavy atom. The van der Waals surface area contributed by atoms with Crippen molar-refractivity contribution in [2.45, 2.75) is 24.6 Å². The summed E-state index contributed by atoms with van der Waals surface area (Å²) in [6, 6.07) is 56.2. The summed E-state index contributed by atoms with van der Waals surface area (Å²) >= 11 is 0. The van der Waals surface area contributed by atoms with Crippen LogP contribution in [-0.4, -0.2) is 11.8 Å². The highest BCUT2D eigenvalue weighted by atomic mass is 16.5. The molecule has 0 heterocycles. The molecule has 0 spiro atoms. The molecule has 6 rings (SSSR count). The Bertz CT molecular complexity index is 1690. The van der Waals surface area contributed by atoms with Crippen molar-refractivity contribution in [3.63, 3.8) is 0 Å². The molecule has 6 aromatic carbocycles. The highest BCUT2D eigenvalue weighted by Crippen LogP contribution is 2.29. The molecule has 6 aromatic rings. The van der Waals surface area contributed by atoms with Gasteiger partial charge in [-0.3, -0.25) is 9.59 Å². The summed E-state index contributed by atoms with van der Waals surface area (Å²) in [5.74, 6) is -1.02. The molecule has 0 aliphatic heterocycles. The molecule has 2 N–H and O–H groups in total. The van der Waals surface area contributed by atoms with Crippen molar-refractivity contribution >= 4 is 11.8 Å². The van der Waals surface area contributed by atoms with E-state index in [1.807, 2.05) is 176 Å². The summed E-state index contributed by atoms with van der Waals surface area (Å²) < 4.78 is 6.14. The van der Waals surface area contributed by atoms with Gasteiger partial charge in [0, 0.05) is 0 Å². The summed E-state index contributed by atoms with van der Waals surface area (Å²) in [4.78, 5) is 28.6. The van der Waals surface area contributed by atoms with Crippen molar-refractivity contribution in [2.75, 3.05) is 0 Å². The van der Waals surface area contributed by atoms with Gasteiger partial charge in [0.05, 0.1) is 11.8 Å². The van der Waals surface area contributed by atoms with Crippen molar-refractivity contribution in [3.05, 3.63) is 209 Å². The number of carbonyl (C=O) groups excluding carboxylic acids is 2. The number of ether oxygens (including phenoxy) is 1. The third kappa shape index (κ3) is 8.02. The van der Waals surface area contributed by atoms with Crippen molar-refractivity contribution in [1.29, 1.82) is 0 Å². The molecule has 0 radical (unpaired) electrons. The van der Waals surface area contributed by atoms with Crippen LogP contribution in [0.5, 0.6) is 5.75 Å². The number of rotatable bonds is 12. The second-order valence-electron chi connectivity index (χ2n) is 11.3. The lowest BCUT2D eigenvalue weighted by Crippen LogP contribution is -2.44. The van der Waals surface area contributed by atoms with Gasteiger partial charge in [-0.15, -0.1) is 0 Å². The van der Waals surface area contributed by atoms with Crippen LogP contribution in [0.2, 0.25) is 0 Å². The molecule has 0 unspecified atom stereocenters. The van der Waals surface area contributed by atoms with E-state index in [1.54, 1.807) is 0 Å². The number of benzene rings is 6. The normalized spacial score (nSPS) is 11.0. The number of nitrogens with one attached hydrogen (secondary N) is 2. The molecule has 2 amide bonds. The highest BCUT2D eigenvalue weighted by molar-refractivity contribution is 5.90. The molecule has 0 fully saturated rings. The van der Waals surface area contributed by atoms with Crippen LogP contribution in [0.25, 0.3) is 0 Å². The molecule has 232 valence electrons. The highest BCUT2D eigenvalue weighted by Gasteiger charge is 2.29. The lowest BCUT2D eigenvalue weighted by molar-refractivity contribution is -0.125. The molecule has 0 saturated carbocycles. The van der Waals surface area contributed by atoms with Crippen LogP contribution in [0.15, 0.2) is 176 Å². The van der Waals surface area contributed by atoms with Crippen molar-refractivity contribution in [3.8, 4) is 5.75 Å². The van der Waals surface area contributed by atoms with Crippen LogP contribution in [-0.2, 0) is 16.2 Å². The van der Waals surface area contributed by atoms with Crippen molar-refractivity contribution in [2.24, 2.45) is 0 Å². The Labute approximate surface area is 275 Å². The van der Waals surface area contributed by atoms with Gasteiger partial charge in [0.1, 0.15) is 18.5 Å². The van der Waals surface area contributed by atoms with Crippen molar-refractivity contribution < 1.29 is 14.3 Å². The minimum Gasteiger partial charge on any atom is -0.489 e. The van der Waals surface area contributed by atoms with Crippen LogP contribution in [0.3, 0.4) is 0 Å². The zero-order valence-corrected chi connectivity index (χ0v) is 25.9. The summed E-state index contributed by atoms with van der Waals surface area (Å²) in [5.41, 5.74) is 5.15. The van der Waals surface area contributed by atoms with Crippen LogP contribution < -0.4 is 15.4 Å². The van der Waals surface area contributed by atoms with Crippen LogP contribution in [0, 0.1) is 0 Å². The first-order chi connectivity index (χ1) is 23.2.